The van der Waals surface area contributed by atoms with Crippen molar-refractivity contribution in [1.29, 1.82) is 0 Å². The summed E-state index contributed by atoms with van der Waals surface area (Å²) in [6.45, 7) is 6.53. The number of esters is 1. The van der Waals surface area contributed by atoms with Crippen LogP contribution in [0.4, 0.5) is 4.39 Å². The molecule has 0 amide bonds. The average Bonchev–Trinajstić information content (AvgIpc) is 3.50. The fourth-order valence-corrected chi connectivity index (χ4v) is 6.38. The van der Waals surface area contributed by atoms with Crippen LogP contribution in [0, 0.1) is 12.7 Å². The number of rotatable bonds is 9. The third-order valence-electron chi connectivity index (χ3n) is 7.29. The smallest absolute Gasteiger partial charge is 0.338 e. The SMILES string of the molecule is CCOC(=O)C1=C(CN2CCN(C(C(=O)O)c3ccc(C)cc3)CC2)NC(c2nccs2)=NC1c1ccc(F)cc1Br. The molecule has 2 aromatic carbocycles. The Bertz CT molecular complexity index is 1500. The molecule has 2 aliphatic rings. The maximum atomic E-state index is 14.0. The van der Waals surface area contributed by atoms with E-state index in [-0.39, 0.29) is 6.61 Å². The van der Waals surface area contributed by atoms with Gasteiger partial charge in [-0.3, -0.25) is 19.6 Å². The van der Waals surface area contributed by atoms with Crippen LogP contribution in [0.15, 0.2) is 74.8 Å². The molecule has 3 heterocycles. The lowest BCUT2D eigenvalue weighted by molar-refractivity contribution is -0.144. The minimum absolute atomic E-state index is 0.185. The molecule has 0 saturated carbocycles. The second kappa shape index (κ2) is 13.2. The standard InChI is InChI=1S/C30H31BrFN5O4S/c1-3-41-30(40)24-23(17-36-11-13-37(14-12-36)26(29(38)39)19-6-4-18(2)5-7-19)34-27(28-33-10-15-42-28)35-25(24)21-9-8-20(32)16-22(21)31/h4-10,15-16,25-26H,3,11-14,17H2,1-2H3,(H,34,35)(H,38,39). The highest BCUT2D eigenvalue weighted by atomic mass is 79.9. The van der Waals surface area contributed by atoms with Gasteiger partial charge in [-0.1, -0.05) is 51.8 Å². The number of carbonyl (C=O) groups excluding carboxylic acids is 1. The van der Waals surface area contributed by atoms with Crippen LogP contribution >= 0.6 is 27.3 Å². The number of amidine groups is 1. The van der Waals surface area contributed by atoms with Gasteiger partial charge in [0.05, 0.1) is 12.2 Å². The summed E-state index contributed by atoms with van der Waals surface area (Å²) in [5.74, 6) is -1.29. The van der Waals surface area contributed by atoms with Crippen molar-refractivity contribution in [3.05, 3.63) is 97.3 Å². The molecule has 2 atom stereocenters. The Balaban J connectivity index is 1.44. The van der Waals surface area contributed by atoms with E-state index >= 15 is 0 Å². The van der Waals surface area contributed by atoms with Gasteiger partial charge in [-0.05, 0) is 37.1 Å². The second-order valence-corrected chi connectivity index (χ2v) is 11.8. The molecule has 2 unspecified atom stereocenters. The Morgan fingerprint density at radius 1 is 1.19 bits per heavy atom. The molecular weight excluding hydrogens is 625 g/mol. The Morgan fingerprint density at radius 3 is 2.55 bits per heavy atom. The molecule has 0 aliphatic carbocycles. The third-order valence-corrected chi connectivity index (χ3v) is 8.76. The number of aromatic nitrogens is 1. The number of aliphatic imine (C=N–C) groups is 1. The van der Waals surface area contributed by atoms with Gasteiger partial charge >= 0.3 is 11.9 Å². The van der Waals surface area contributed by atoms with E-state index in [9.17, 15) is 19.1 Å². The number of thiazole rings is 1. The van der Waals surface area contributed by atoms with Crippen LogP contribution in [-0.2, 0) is 14.3 Å². The van der Waals surface area contributed by atoms with E-state index in [4.69, 9.17) is 9.73 Å². The number of hydrogen-bond acceptors (Lipinski definition) is 9. The minimum atomic E-state index is -0.884. The lowest BCUT2D eigenvalue weighted by Gasteiger charge is -2.39. The maximum absolute atomic E-state index is 14.0. The molecule has 0 bridgehead atoms. The molecule has 0 radical (unpaired) electrons. The predicted molar refractivity (Wildman–Crippen MR) is 162 cm³/mol. The highest BCUT2D eigenvalue weighted by Crippen LogP contribution is 2.37. The molecule has 2 aliphatic heterocycles. The van der Waals surface area contributed by atoms with E-state index in [0.717, 1.165) is 11.1 Å². The summed E-state index contributed by atoms with van der Waals surface area (Å²) < 4.78 is 20.0. The number of carbonyl (C=O) groups is 2. The van der Waals surface area contributed by atoms with Gasteiger partial charge in [0.15, 0.2) is 10.8 Å². The van der Waals surface area contributed by atoms with Gasteiger partial charge in [-0.2, -0.15) is 0 Å². The predicted octanol–water partition coefficient (Wildman–Crippen LogP) is 4.70. The van der Waals surface area contributed by atoms with Crippen molar-refractivity contribution in [2.24, 2.45) is 4.99 Å². The number of hydrogen-bond donors (Lipinski definition) is 2. The summed E-state index contributed by atoms with van der Waals surface area (Å²) in [5.41, 5.74) is 3.41. The summed E-state index contributed by atoms with van der Waals surface area (Å²) in [6, 6.07) is 10.4. The van der Waals surface area contributed by atoms with E-state index in [2.05, 4.69) is 31.1 Å². The van der Waals surface area contributed by atoms with E-state index in [1.165, 1.54) is 23.5 Å². The van der Waals surface area contributed by atoms with Crippen molar-refractivity contribution in [2.45, 2.75) is 25.9 Å². The lowest BCUT2D eigenvalue weighted by atomic mass is 9.95. The number of piperazine rings is 1. The molecule has 2 N–H and O–H groups in total. The molecule has 1 saturated heterocycles. The third kappa shape index (κ3) is 6.62. The quantitative estimate of drug-likeness (QED) is 0.320. The van der Waals surface area contributed by atoms with Crippen molar-refractivity contribution < 1.29 is 23.8 Å². The Hall–Kier alpha value is -3.45. The highest BCUT2D eigenvalue weighted by Gasteiger charge is 2.36. The number of ether oxygens (including phenoxy) is 1. The van der Waals surface area contributed by atoms with Gasteiger partial charge in [-0.15, -0.1) is 11.3 Å². The first kappa shape index (κ1) is 30.0. The van der Waals surface area contributed by atoms with Crippen molar-refractivity contribution in [1.82, 2.24) is 20.1 Å². The number of nitrogens with zero attached hydrogens (tertiary/aromatic N) is 4. The van der Waals surface area contributed by atoms with Gasteiger partial charge in [0, 0.05) is 54.5 Å². The van der Waals surface area contributed by atoms with Gasteiger partial charge in [0.1, 0.15) is 17.9 Å². The zero-order valence-electron chi connectivity index (χ0n) is 23.2. The Kier molecular flexibility index (Phi) is 9.47. The number of carboxylic acid groups (broad SMARTS) is 1. The van der Waals surface area contributed by atoms with Crippen LogP contribution in [0.25, 0.3) is 0 Å². The molecule has 1 fully saturated rings. The monoisotopic (exact) mass is 655 g/mol. The molecular formula is C30H31BrFN5O4S. The molecule has 220 valence electrons. The summed E-state index contributed by atoms with van der Waals surface area (Å²) in [7, 11) is 0. The largest absolute Gasteiger partial charge is 0.480 e. The molecule has 42 heavy (non-hydrogen) atoms. The number of aliphatic carboxylic acids is 1. The topological polar surface area (TPSA) is 107 Å². The Morgan fingerprint density at radius 2 is 1.93 bits per heavy atom. The maximum Gasteiger partial charge on any atom is 0.338 e. The Labute approximate surface area is 255 Å². The van der Waals surface area contributed by atoms with Gasteiger partial charge in [-0.25, -0.2) is 14.2 Å². The number of benzene rings is 2. The van der Waals surface area contributed by atoms with Crippen LogP contribution in [0.2, 0.25) is 0 Å². The zero-order valence-corrected chi connectivity index (χ0v) is 25.6. The van der Waals surface area contributed by atoms with Crippen LogP contribution in [0.1, 0.15) is 40.7 Å². The molecule has 3 aromatic rings. The highest BCUT2D eigenvalue weighted by molar-refractivity contribution is 9.10. The minimum Gasteiger partial charge on any atom is -0.480 e. The second-order valence-electron chi connectivity index (χ2n) is 10.1. The molecule has 5 rings (SSSR count). The first-order valence-electron chi connectivity index (χ1n) is 13.6. The van der Waals surface area contributed by atoms with Crippen molar-refractivity contribution >= 4 is 45.0 Å². The summed E-state index contributed by atoms with van der Waals surface area (Å²) in [6.07, 6.45) is 1.68. The van der Waals surface area contributed by atoms with Gasteiger partial charge < -0.3 is 15.2 Å². The molecule has 0 spiro atoms. The summed E-state index contributed by atoms with van der Waals surface area (Å²) in [4.78, 5) is 39.1. The normalized spacial score (nSPS) is 18.8. The van der Waals surface area contributed by atoms with Crippen molar-refractivity contribution in [2.75, 3.05) is 39.3 Å². The molecule has 12 heteroatoms. The number of halogens is 2. The fourth-order valence-electron chi connectivity index (χ4n) is 5.23. The number of nitrogens with one attached hydrogen (secondary N) is 1. The first-order valence-corrected chi connectivity index (χ1v) is 15.3. The van der Waals surface area contributed by atoms with Crippen LogP contribution < -0.4 is 5.32 Å². The fraction of sp³-hybridized carbons (Fsp3) is 0.333. The number of aryl methyl sites for hydroxylation is 1. The molecule has 1 aromatic heterocycles. The average molecular weight is 657 g/mol. The number of carboxylic acids is 1. The van der Waals surface area contributed by atoms with E-state index in [1.54, 1.807) is 19.2 Å². The van der Waals surface area contributed by atoms with Gasteiger partial charge in [0.2, 0.25) is 0 Å². The first-order chi connectivity index (χ1) is 20.2. The van der Waals surface area contributed by atoms with Crippen molar-refractivity contribution in [3.8, 4) is 0 Å². The van der Waals surface area contributed by atoms with Crippen LogP contribution in [0.5, 0.6) is 0 Å². The lowest BCUT2D eigenvalue weighted by Crippen LogP contribution is -2.51. The van der Waals surface area contributed by atoms with Gasteiger partial charge in [0.25, 0.3) is 0 Å². The van der Waals surface area contributed by atoms with E-state index in [0.29, 0.717) is 64.9 Å². The molecule has 9 nitrogen and oxygen atoms in total. The van der Waals surface area contributed by atoms with Crippen LogP contribution in [0.3, 0.4) is 0 Å². The van der Waals surface area contributed by atoms with Crippen LogP contribution in [-0.4, -0.2) is 77.0 Å². The van der Waals surface area contributed by atoms with E-state index in [1.807, 2.05) is 41.5 Å². The summed E-state index contributed by atoms with van der Waals surface area (Å²) >= 11 is 4.87. The van der Waals surface area contributed by atoms with Crippen molar-refractivity contribution in [3.63, 3.8) is 0 Å². The zero-order chi connectivity index (χ0) is 29.8. The van der Waals surface area contributed by atoms with E-state index < -0.39 is 29.8 Å². The summed E-state index contributed by atoms with van der Waals surface area (Å²) in [5, 5.41) is 15.9.